The molecule has 0 unspecified atom stereocenters. The van der Waals surface area contributed by atoms with Gasteiger partial charge in [-0.2, -0.15) is 9.97 Å². The summed E-state index contributed by atoms with van der Waals surface area (Å²) >= 11 is 0. The number of hydrogen-bond acceptors (Lipinski definition) is 8. The molecule has 0 saturated carbocycles. The first-order valence-corrected chi connectivity index (χ1v) is 8.82. The highest BCUT2D eigenvalue weighted by Gasteiger charge is 2.15. The molecule has 142 valence electrons. The largest absolute Gasteiger partial charge is 0.364 e. The van der Waals surface area contributed by atoms with Gasteiger partial charge in [-0.25, -0.2) is 0 Å². The Morgan fingerprint density at radius 2 is 2.07 bits per heavy atom. The van der Waals surface area contributed by atoms with E-state index in [1.54, 1.807) is 24.4 Å². The molecule has 0 atom stereocenters. The monoisotopic (exact) mass is 387 g/mol. The number of nitrogens with zero attached hydrogens (tertiary/aromatic N) is 4. The van der Waals surface area contributed by atoms with Gasteiger partial charge in [-0.1, -0.05) is 22.5 Å². The molecule has 0 fully saturated rings. The fraction of sp³-hybridized carbons (Fsp3) is 0.100. The summed E-state index contributed by atoms with van der Waals surface area (Å²) in [5.41, 5.74) is 2.56. The molecule has 4 aromatic rings. The molecule has 29 heavy (non-hydrogen) atoms. The van der Waals surface area contributed by atoms with E-state index in [9.17, 15) is 9.59 Å². The maximum Gasteiger partial charge on any atom is 0.280 e. The predicted octanol–water partition coefficient (Wildman–Crippen LogP) is 2.46. The van der Waals surface area contributed by atoms with Gasteiger partial charge >= 0.3 is 0 Å². The molecule has 9 heteroatoms. The van der Waals surface area contributed by atoms with Gasteiger partial charge in [-0.15, -0.1) is 0 Å². The zero-order chi connectivity index (χ0) is 19.8. The third-order valence-corrected chi connectivity index (χ3v) is 4.54. The molecule has 5 rings (SSSR count). The molecule has 1 N–H and O–H groups in total. The van der Waals surface area contributed by atoms with E-state index in [1.807, 2.05) is 6.07 Å². The highest BCUT2D eigenvalue weighted by atomic mass is 16.5. The summed E-state index contributed by atoms with van der Waals surface area (Å²) in [6, 6.07) is 5.40. The molecular formula is C20H13N5O4. The molecular weight excluding hydrogens is 374 g/mol. The Morgan fingerprint density at radius 1 is 1.14 bits per heavy atom. The number of aromatic amines is 1. The summed E-state index contributed by atoms with van der Waals surface area (Å²) < 4.78 is 10.1. The second-order valence-electron chi connectivity index (χ2n) is 6.53. The number of fused-ring (bicyclic) bond motifs is 1. The maximum absolute atomic E-state index is 12.5. The van der Waals surface area contributed by atoms with Crippen molar-refractivity contribution in [3.05, 3.63) is 76.8 Å². The van der Waals surface area contributed by atoms with Crippen LogP contribution < -0.4 is 5.56 Å². The van der Waals surface area contributed by atoms with Crippen molar-refractivity contribution in [1.29, 1.82) is 0 Å². The van der Waals surface area contributed by atoms with Crippen LogP contribution in [0.4, 0.5) is 0 Å². The summed E-state index contributed by atoms with van der Waals surface area (Å²) in [5.74, 6) is 0.957. The third kappa shape index (κ3) is 3.29. The average molecular weight is 387 g/mol. The fourth-order valence-electron chi connectivity index (χ4n) is 3.14. The first-order chi connectivity index (χ1) is 14.2. The second-order valence-corrected chi connectivity index (χ2v) is 6.53. The second kappa shape index (κ2) is 6.79. The van der Waals surface area contributed by atoms with Gasteiger partial charge in [-0.3, -0.25) is 9.59 Å². The van der Waals surface area contributed by atoms with Crippen molar-refractivity contribution in [3.8, 4) is 11.1 Å². The van der Waals surface area contributed by atoms with E-state index in [4.69, 9.17) is 9.05 Å². The maximum atomic E-state index is 12.5. The van der Waals surface area contributed by atoms with Crippen molar-refractivity contribution in [2.24, 2.45) is 0 Å². The molecule has 9 nitrogen and oxygen atoms in total. The van der Waals surface area contributed by atoms with Crippen LogP contribution in [-0.2, 0) is 11.2 Å². The van der Waals surface area contributed by atoms with Crippen LogP contribution in [0.2, 0.25) is 0 Å². The van der Waals surface area contributed by atoms with Crippen LogP contribution in [0.5, 0.6) is 0 Å². The number of carbonyl (C=O) groups excluding carboxylic acids is 1. The highest BCUT2D eigenvalue weighted by molar-refractivity contribution is 6.05. The summed E-state index contributed by atoms with van der Waals surface area (Å²) in [6.45, 7) is 0. The molecule has 1 aliphatic carbocycles. The number of H-pyrrole nitrogens is 1. The summed E-state index contributed by atoms with van der Waals surface area (Å²) in [7, 11) is 0. The Morgan fingerprint density at radius 3 is 2.90 bits per heavy atom. The van der Waals surface area contributed by atoms with Crippen LogP contribution in [0.15, 0.2) is 62.7 Å². The van der Waals surface area contributed by atoms with Gasteiger partial charge in [0.05, 0.1) is 23.5 Å². The fourth-order valence-corrected chi connectivity index (χ4v) is 3.14. The van der Waals surface area contributed by atoms with Gasteiger partial charge in [0.25, 0.3) is 5.56 Å². The number of hydrogen-bond donors (Lipinski definition) is 1. The van der Waals surface area contributed by atoms with E-state index < -0.39 is 0 Å². The molecule has 1 aliphatic rings. The lowest BCUT2D eigenvalue weighted by atomic mass is 10.1. The van der Waals surface area contributed by atoms with Gasteiger partial charge < -0.3 is 14.0 Å². The zero-order valence-corrected chi connectivity index (χ0v) is 15.0. The minimum atomic E-state index is -0.363. The van der Waals surface area contributed by atoms with Gasteiger partial charge in [0.2, 0.25) is 5.89 Å². The van der Waals surface area contributed by atoms with Crippen molar-refractivity contribution in [2.75, 3.05) is 0 Å². The number of benzene rings is 1. The van der Waals surface area contributed by atoms with Gasteiger partial charge in [0, 0.05) is 11.1 Å². The minimum absolute atomic E-state index is 0.108. The Bertz CT molecular complexity index is 1340. The molecule has 0 bridgehead atoms. The molecule has 1 aromatic carbocycles. The summed E-state index contributed by atoms with van der Waals surface area (Å²) in [6.07, 6.45) is 8.56. The number of carbonyl (C=O) groups is 1. The lowest BCUT2D eigenvalue weighted by molar-refractivity contribution is -0.110. The minimum Gasteiger partial charge on any atom is -0.364 e. The lowest BCUT2D eigenvalue weighted by Crippen LogP contribution is -2.12. The van der Waals surface area contributed by atoms with Crippen molar-refractivity contribution in [2.45, 2.75) is 12.8 Å². The Balaban J connectivity index is 1.43. The quantitative estimate of drug-likeness (QED) is 0.565. The molecule has 3 heterocycles. The molecule has 0 saturated heterocycles. The van der Waals surface area contributed by atoms with Crippen molar-refractivity contribution >= 4 is 22.3 Å². The average Bonchev–Trinajstić information content (AvgIpc) is 3.40. The number of rotatable bonds is 4. The number of ketones is 1. The molecule has 0 amide bonds. The first kappa shape index (κ1) is 17.0. The highest BCUT2D eigenvalue weighted by Crippen LogP contribution is 2.22. The van der Waals surface area contributed by atoms with Crippen LogP contribution >= 0.6 is 0 Å². The number of allylic oxidation sites excluding steroid dienone is 4. The van der Waals surface area contributed by atoms with Crippen molar-refractivity contribution in [1.82, 2.24) is 25.3 Å². The van der Waals surface area contributed by atoms with E-state index in [0.29, 0.717) is 40.4 Å². The standard InChI is InChI=1S/C20H13N5O4/c26-14-3-1-2-12(6-14)19-24-18(29-25-19)8-17-22-16-5-4-11(13-9-21-28-10-13)7-15(16)20(27)23-17/h1,3-7,9-10H,2,8H2,(H,22,23,27). The third-order valence-electron chi connectivity index (χ3n) is 4.54. The predicted molar refractivity (Wildman–Crippen MR) is 102 cm³/mol. The topological polar surface area (TPSA) is 128 Å². The zero-order valence-electron chi connectivity index (χ0n) is 15.0. The Hall–Kier alpha value is -4.14. The van der Waals surface area contributed by atoms with Crippen LogP contribution in [0.1, 0.15) is 24.0 Å². The van der Waals surface area contributed by atoms with Gasteiger partial charge in [0.1, 0.15) is 12.1 Å². The van der Waals surface area contributed by atoms with Gasteiger partial charge in [0.15, 0.2) is 11.6 Å². The SMILES string of the molecule is O=C1C=CCC(c2noc(Cc3nc(=O)c4cc(-c5cnoc5)ccc4[nH]3)n2)=C1. The van der Waals surface area contributed by atoms with Crippen LogP contribution in [-0.4, -0.2) is 31.0 Å². The van der Waals surface area contributed by atoms with Gasteiger partial charge in [-0.05, 0) is 36.3 Å². The van der Waals surface area contributed by atoms with E-state index in [-0.39, 0.29) is 17.8 Å². The van der Waals surface area contributed by atoms with E-state index >= 15 is 0 Å². The number of nitrogens with one attached hydrogen (secondary N) is 1. The lowest BCUT2D eigenvalue weighted by Gasteiger charge is -2.03. The van der Waals surface area contributed by atoms with E-state index in [1.165, 1.54) is 18.4 Å². The van der Waals surface area contributed by atoms with E-state index in [0.717, 1.165) is 11.1 Å². The molecule has 3 aromatic heterocycles. The first-order valence-electron chi connectivity index (χ1n) is 8.82. The van der Waals surface area contributed by atoms with Crippen LogP contribution in [0.25, 0.3) is 27.6 Å². The van der Waals surface area contributed by atoms with Crippen molar-refractivity contribution < 1.29 is 13.8 Å². The summed E-state index contributed by atoms with van der Waals surface area (Å²) in [4.78, 5) is 35.5. The molecule has 0 radical (unpaired) electrons. The normalized spacial score (nSPS) is 13.8. The molecule has 0 aliphatic heterocycles. The van der Waals surface area contributed by atoms with Crippen LogP contribution in [0, 0.1) is 0 Å². The number of aromatic nitrogens is 5. The van der Waals surface area contributed by atoms with E-state index in [2.05, 4.69) is 25.3 Å². The molecule has 0 spiro atoms. The Kier molecular flexibility index (Phi) is 3.98. The van der Waals surface area contributed by atoms with Crippen LogP contribution in [0.3, 0.4) is 0 Å². The smallest absolute Gasteiger partial charge is 0.280 e. The Labute approximate surface area is 162 Å². The van der Waals surface area contributed by atoms with Crippen molar-refractivity contribution in [3.63, 3.8) is 0 Å². The summed E-state index contributed by atoms with van der Waals surface area (Å²) in [5, 5.41) is 8.05.